The van der Waals surface area contributed by atoms with Crippen LogP contribution < -0.4 is 17.7 Å². The summed E-state index contributed by atoms with van der Waals surface area (Å²) in [5, 5.41) is 3.50. The van der Waals surface area contributed by atoms with Crippen LogP contribution in [0.3, 0.4) is 0 Å². The van der Waals surface area contributed by atoms with E-state index in [4.69, 9.17) is 4.74 Å². The fourth-order valence-corrected chi connectivity index (χ4v) is 2.51. The van der Waals surface area contributed by atoms with Gasteiger partial charge in [-0.2, -0.15) is 0 Å². The molecule has 0 aliphatic heterocycles. The number of carbonyl (C=O) groups excluding carboxylic acids is 1. The van der Waals surface area contributed by atoms with Crippen LogP contribution in [0.2, 0.25) is 0 Å². The van der Waals surface area contributed by atoms with Crippen molar-refractivity contribution < 1.29 is 23.4 Å². The number of rotatable bonds is 5. The van der Waals surface area contributed by atoms with Gasteiger partial charge in [0.25, 0.3) is 0 Å². The maximum atomic E-state index is 11.9. The molecule has 0 spiro atoms. The first kappa shape index (κ1) is 17.0. The Hall–Kier alpha value is -1.06. The van der Waals surface area contributed by atoms with Crippen molar-refractivity contribution in [2.75, 3.05) is 6.54 Å². The molecule has 1 saturated carbocycles. The highest BCUT2D eigenvalue weighted by Crippen LogP contribution is 2.17. The SMILES string of the molecule is CC(CNC1CCCCC1)OC(=O)c1ccccc1.[Cl-].[H+]. The van der Waals surface area contributed by atoms with Gasteiger partial charge in [0.05, 0.1) is 5.56 Å². The lowest BCUT2D eigenvalue weighted by Gasteiger charge is -2.24. The summed E-state index contributed by atoms with van der Waals surface area (Å²) in [6, 6.07) is 9.76. The molecule has 1 unspecified atom stereocenters. The van der Waals surface area contributed by atoms with Crippen molar-refractivity contribution in [2.24, 2.45) is 0 Å². The van der Waals surface area contributed by atoms with Gasteiger partial charge in [-0.25, -0.2) is 4.79 Å². The Morgan fingerprint density at radius 3 is 2.60 bits per heavy atom. The topological polar surface area (TPSA) is 38.3 Å². The van der Waals surface area contributed by atoms with E-state index in [1.807, 2.05) is 25.1 Å². The number of hydrogen-bond donors (Lipinski definition) is 1. The lowest BCUT2D eigenvalue weighted by molar-refractivity contribution is -0.0000329. The standard InChI is InChI=1S/C16H23NO2.ClH/c1-13(12-17-15-10-6-3-7-11-15)19-16(18)14-8-4-2-5-9-14;/h2,4-5,8-9,13,15,17H,3,6-7,10-12H2,1H3;1H. The summed E-state index contributed by atoms with van der Waals surface area (Å²) in [5.41, 5.74) is 0.618. The van der Waals surface area contributed by atoms with Crippen molar-refractivity contribution in [2.45, 2.75) is 51.2 Å². The highest BCUT2D eigenvalue weighted by atomic mass is 35.5. The normalized spacial score (nSPS) is 17.1. The average Bonchev–Trinajstić information content (AvgIpc) is 2.47. The van der Waals surface area contributed by atoms with Crippen LogP contribution in [-0.2, 0) is 4.74 Å². The zero-order valence-electron chi connectivity index (χ0n) is 13.0. The van der Waals surface area contributed by atoms with E-state index in [2.05, 4.69) is 5.32 Å². The fraction of sp³-hybridized carbons (Fsp3) is 0.562. The van der Waals surface area contributed by atoms with Gasteiger partial charge in [-0.3, -0.25) is 0 Å². The van der Waals surface area contributed by atoms with Gasteiger partial charge in [0.1, 0.15) is 6.10 Å². The van der Waals surface area contributed by atoms with E-state index in [-0.39, 0.29) is 25.9 Å². The Labute approximate surface area is 129 Å². The van der Waals surface area contributed by atoms with Crippen molar-refractivity contribution in [1.82, 2.24) is 5.32 Å². The summed E-state index contributed by atoms with van der Waals surface area (Å²) in [4.78, 5) is 11.9. The first-order chi connectivity index (χ1) is 9.25. The zero-order chi connectivity index (χ0) is 13.5. The molecule has 112 valence electrons. The third-order valence-corrected chi connectivity index (χ3v) is 3.62. The molecule has 1 atom stereocenters. The molecule has 2 rings (SSSR count). The van der Waals surface area contributed by atoms with E-state index >= 15 is 0 Å². The molecule has 1 aliphatic rings. The van der Waals surface area contributed by atoms with Gasteiger partial charge in [0.2, 0.25) is 0 Å². The number of halogens is 1. The van der Waals surface area contributed by atoms with Crippen LogP contribution in [0.5, 0.6) is 0 Å². The van der Waals surface area contributed by atoms with Gasteiger partial charge in [0.15, 0.2) is 0 Å². The second-order valence-electron chi connectivity index (χ2n) is 5.33. The molecule has 0 saturated heterocycles. The fourth-order valence-electron chi connectivity index (χ4n) is 2.51. The Balaban J connectivity index is 0.00000200. The molecule has 0 aromatic heterocycles. The summed E-state index contributed by atoms with van der Waals surface area (Å²) in [6.45, 7) is 2.68. The quantitative estimate of drug-likeness (QED) is 0.793. The Morgan fingerprint density at radius 2 is 1.95 bits per heavy atom. The van der Waals surface area contributed by atoms with Crippen LogP contribution >= 0.6 is 0 Å². The monoisotopic (exact) mass is 297 g/mol. The minimum absolute atomic E-state index is 0. The third-order valence-electron chi connectivity index (χ3n) is 3.62. The van der Waals surface area contributed by atoms with Crippen LogP contribution in [-0.4, -0.2) is 24.7 Å². The summed E-state index contributed by atoms with van der Waals surface area (Å²) in [5.74, 6) is -0.237. The van der Waals surface area contributed by atoms with Gasteiger partial charge < -0.3 is 22.5 Å². The minimum Gasteiger partial charge on any atom is -1.00 e. The molecule has 0 radical (unpaired) electrons. The van der Waals surface area contributed by atoms with Gasteiger partial charge >= 0.3 is 7.40 Å². The molecule has 1 aromatic rings. The molecule has 4 heteroatoms. The molecule has 20 heavy (non-hydrogen) atoms. The number of hydrogen-bond acceptors (Lipinski definition) is 3. The van der Waals surface area contributed by atoms with Crippen molar-refractivity contribution in [3.8, 4) is 0 Å². The summed E-state index contributed by atoms with van der Waals surface area (Å²) < 4.78 is 5.43. The molecule has 1 fully saturated rings. The van der Waals surface area contributed by atoms with Crippen LogP contribution in [0.15, 0.2) is 30.3 Å². The first-order valence-electron chi connectivity index (χ1n) is 7.25. The number of esters is 1. The van der Waals surface area contributed by atoms with E-state index in [1.54, 1.807) is 12.1 Å². The highest BCUT2D eigenvalue weighted by molar-refractivity contribution is 5.89. The van der Waals surface area contributed by atoms with Gasteiger partial charge in [-0.15, -0.1) is 0 Å². The van der Waals surface area contributed by atoms with Gasteiger partial charge in [0, 0.05) is 12.6 Å². The second kappa shape index (κ2) is 8.98. The molecular weight excluding hydrogens is 274 g/mol. The Morgan fingerprint density at radius 1 is 1.30 bits per heavy atom. The van der Waals surface area contributed by atoms with Crippen LogP contribution in [0.25, 0.3) is 0 Å². The Kier molecular flexibility index (Phi) is 7.63. The lowest BCUT2D eigenvalue weighted by atomic mass is 9.95. The predicted molar refractivity (Wildman–Crippen MR) is 77.3 cm³/mol. The molecule has 3 nitrogen and oxygen atoms in total. The molecule has 0 heterocycles. The average molecular weight is 298 g/mol. The van der Waals surface area contributed by atoms with Crippen molar-refractivity contribution in [1.29, 1.82) is 0 Å². The molecular formula is C16H24ClNO2. The van der Waals surface area contributed by atoms with E-state index in [0.29, 0.717) is 11.6 Å². The van der Waals surface area contributed by atoms with Crippen LogP contribution in [0.1, 0.15) is 50.8 Å². The largest absolute Gasteiger partial charge is 1.00 e. The molecule has 0 bridgehead atoms. The minimum atomic E-state index is -0.237. The molecule has 1 aromatic carbocycles. The molecule has 1 N–H and O–H groups in total. The van der Waals surface area contributed by atoms with E-state index < -0.39 is 0 Å². The van der Waals surface area contributed by atoms with Crippen LogP contribution in [0.4, 0.5) is 0 Å². The predicted octanol–water partition coefficient (Wildman–Crippen LogP) is 0.271. The van der Waals surface area contributed by atoms with E-state index in [0.717, 1.165) is 6.54 Å². The van der Waals surface area contributed by atoms with Gasteiger partial charge in [-0.1, -0.05) is 37.5 Å². The maximum absolute atomic E-state index is 11.9. The lowest BCUT2D eigenvalue weighted by Crippen LogP contribution is -3.00. The maximum Gasteiger partial charge on any atom is 1.00 e. The summed E-state index contributed by atoms with van der Waals surface area (Å²) in [7, 11) is 0. The van der Waals surface area contributed by atoms with E-state index in [1.165, 1.54) is 32.1 Å². The number of benzene rings is 1. The summed E-state index contributed by atoms with van der Waals surface area (Å²) >= 11 is 0. The molecule has 1 aliphatic carbocycles. The van der Waals surface area contributed by atoms with Crippen LogP contribution in [0, 0.1) is 0 Å². The van der Waals surface area contributed by atoms with Crippen molar-refractivity contribution in [3.63, 3.8) is 0 Å². The Bertz CT molecular complexity index is 397. The van der Waals surface area contributed by atoms with E-state index in [9.17, 15) is 4.79 Å². The summed E-state index contributed by atoms with van der Waals surface area (Å²) in [6.07, 6.45) is 6.40. The van der Waals surface area contributed by atoms with Crippen molar-refractivity contribution in [3.05, 3.63) is 35.9 Å². The smallest absolute Gasteiger partial charge is 1.00 e. The first-order valence-corrected chi connectivity index (χ1v) is 7.25. The number of nitrogens with one attached hydrogen (secondary N) is 1. The third kappa shape index (κ3) is 5.51. The number of ether oxygens (including phenoxy) is 1. The van der Waals surface area contributed by atoms with Crippen molar-refractivity contribution >= 4 is 5.97 Å². The zero-order valence-corrected chi connectivity index (χ0v) is 12.7. The molecule has 0 amide bonds. The second-order valence-corrected chi connectivity index (χ2v) is 5.33. The highest BCUT2D eigenvalue weighted by Gasteiger charge is 2.16. The van der Waals surface area contributed by atoms with Gasteiger partial charge in [-0.05, 0) is 31.9 Å². The number of carbonyl (C=O) groups is 1.